The maximum atomic E-state index is 11.8. The Hall–Kier alpha value is -1.10. The largest absolute Gasteiger partial charge is 0.375 e. The Labute approximate surface area is 132 Å². The smallest absolute Gasteiger partial charge is 0.220 e. The molecule has 0 aromatic heterocycles. The molecule has 1 aromatic carbocycles. The van der Waals surface area contributed by atoms with Crippen molar-refractivity contribution in [3.63, 3.8) is 0 Å². The quantitative estimate of drug-likeness (QED) is 0.848. The van der Waals surface area contributed by atoms with Gasteiger partial charge in [0.25, 0.3) is 0 Å². The van der Waals surface area contributed by atoms with E-state index in [0.29, 0.717) is 19.1 Å². The first-order chi connectivity index (χ1) is 9.65. The molecular formula is C16H25ClN2O2. The molecule has 21 heavy (non-hydrogen) atoms. The third-order valence-corrected chi connectivity index (χ3v) is 3.76. The molecule has 1 aliphatic heterocycles. The first-order valence-corrected chi connectivity index (χ1v) is 7.38. The first-order valence-electron chi connectivity index (χ1n) is 7.38. The van der Waals surface area contributed by atoms with Crippen LogP contribution in [0.15, 0.2) is 30.3 Å². The van der Waals surface area contributed by atoms with Gasteiger partial charge in [-0.2, -0.15) is 0 Å². The van der Waals surface area contributed by atoms with Gasteiger partial charge in [0.2, 0.25) is 5.91 Å². The van der Waals surface area contributed by atoms with E-state index >= 15 is 0 Å². The molecular weight excluding hydrogens is 288 g/mol. The second-order valence-electron chi connectivity index (χ2n) is 5.51. The molecule has 0 aliphatic carbocycles. The van der Waals surface area contributed by atoms with Crippen molar-refractivity contribution in [1.82, 2.24) is 5.32 Å². The van der Waals surface area contributed by atoms with Crippen LogP contribution in [0.25, 0.3) is 0 Å². The van der Waals surface area contributed by atoms with E-state index in [1.165, 1.54) is 0 Å². The van der Waals surface area contributed by atoms with Crippen molar-refractivity contribution in [3.05, 3.63) is 35.9 Å². The Bertz CT molecular complexity index is 428. The summed E-state index contributed by atoms with van der Waals surface area (Å²) in [6.07, 6.45) is 4.08. The van der Waals surface area contributed by atoms with Crippen molar-refractivity contribution in [2.45, 2.75) is 50.9 Å². The Morgan fingerprint density at radius 2 is 2.10 bits per heavy atom. The van der Waals surface area contributed by atoms with Crippen LogP contribution < -0.4 is 11.1 Å². The molecule has 3 unspecified atom stereocenters. The fraction of sp³-hybridized carbons (Fsp3) is 0.562. The third-order valence-electron chi connectivity index (χ3n) is 3.76. The number of ether oxygens (including phenoxy) is 1. The zero-order chi connectivity index (χ0) is 14.4. The number of hydrogen-bond acceptors (Lipinski definition) is 3. The van der Waals surface area contributed by atoms with E-state index in [2.05, 4.69) is 12.2 Å². The average molecular weight is 313 g/mol. The van der Waals surface area contributed by atoms with Crippen LogP contribution in [0.2, 0.25) is 0 Å². The molecule has 0 saturated carbocycles. The molecule has 4 nitrogen and oxygen atoms in total. The molecule has 2 rings (SSSR count). The molecule has 0 radical (unpaired) electrons. The standard InChI is InChI=1S/C16H24N2O2.ClH/c1-12-7-8-14(20-12)9-10-16(19)18-11-15(17)13-5-3-2-4-6-13;/h2-6,12,14-15H,7-11,17H2,1H3,(H,18,19);1H. The number of amides is 1. The highest BCUT2D eigenvalue weighted by Crippen LogP contribution is 2.22. The van der Waals surface area contributed by atoms with Gasteiger partial charge < -0.3 is 15.8 Å². The van der Waals surface area contributed by atoms with E-state index in [9.17, 15) is 4.79 Å². The van der Waals surface area contributed by atoms with Crippen LogP contribution in [0.1, 0.15) is 44.2 Å². The van der Waals surface area contributed by atoms with Gasteiger partial charge in [-0.1, -0.05) is 30.3 Å². The zero-order valence-electron chi connectivity index (χ0n) is 12.5. The number of carbonyl (C=O) groups is 1. The Kier molecular flexibility index (Phi) is 7.72. The summed E-state index contributed by atoms with van der Waals surface area (Å²) >= 11 is 0. The molecule has 1 aromatic rings. The van der Waals surface area contributed by atoms with Crippen molar-refractivity contribution in [3.8, 4) is 0 Å². The van der Waals surface area contributed by atoms with Crippen molar-refractivity contribution < 1.29 is 9.53 Å². The fourth-order valence-electron chi connectivity index (χ4n) is 2.52. The number of carbonyl (C=O) groups excluding carboxylic acids is 1. The van der Waals surface area contributed by atoms with Crippen LogP contribution in [0.5, 0.6) is 0 Å². The van der Waals surface area contributed by atoms with E-state index in [-0.39, 0.29) is 30.5 Å². The highest BCUT2D eigenvalue weighted by Gasteiger charge is 2.22. The van der Waals surface area contributed by atoms with Gasteiger partial charge in [0.15, 0.2) is 0 Å². The van der Waals surface area contributed by atoms with Gasteiger partial charge >= 0.3 is 0 Å². The summed E-state index contributed by atoms with van der Waals surface area (Å²) in [5, 5.41) is 2.90. The van der Waals surface area contributed by atoms with Gasteiger partial charge in [0.05, 0.1) is 12.2 Å². The van der Waals surface area contributed by atoms with Crippen molar-refractivity contribution in [2.24, 2.45) is 5.73 Å². The summed E-state index contributed by atoms with van der Waals surface area (Å²) < 4.78 is 5.70. The lowest BCUT2D eigenvalue weighted by Crippen LogP contribution is -2.32. The lowest BCUT2D eigenvalue weighted by atomic mass is 10.1. The highest BCUT2D eigenvalue weighted by molar-refractivity contribution is 5.85. The van der Waals surface area contributed by atoms with Gasteiger partial charge in [-0.3, -0.25) is 4.79 Å². The van der Waals surface area contributed by atoms with E-state index < -0.39 is 0 Å². The third kappa shape index (κ3) is 6.04. The lowest BCUT2D eigenvalue weighted by molar-refractivity contribution is -0.121. The van der Waals surface area contributed by atoms with Gasteiger partial charge in [-0.25, -0.2) is 0 Å². The minimum atomic E-state index is -0.150. The Morgan fingerprint density at radius 3 is 2.71 bits per heavy atom. The van der Waals surface area contributed by atoms with Crippen LogP contribution in [-0.2, 0) is 9.53 Å². The minimum Gasteiger partial charge on any atom is -0.375 e. The monoisotopic (exact) mass is 312 g/mol. The van der Waals surface area contributed by atoms with Crippen molar-refractivity contribution in [1.29, 1.82) is 0 Å². The Balaban J connectivity index is 0.00000220. The maximum Gasteiger partial charge on any atom is 0.220 e. The molecule has 1 amide bonds. The SMILES string of the molecule is CC1CCC(CCC(=O)NCC(N)c2ccccc2)O1.Cl. The summed E-state index contributed by atoms with van der Waals surface area (Å²) in [4.78, 5) is 11.8. The van der Waals surface area contributed by atoms with Crippen LogP contribution in [0.3, 0.4) is 0 Å². The first kappa shape index (κ1) is 18.0. The molecule has 3 atom stereocenters. The summed E-state index contributed by atoms with van der Waals surface area (Å²) in [6, 6.07) is 9.67. The van der Waals surface area contributed by atoms with Gasteiger partial charge in [0, 0.05) is 19.0 Å². The number of nitrogens with one attached hydrogen (secondary N) is 1. The second-order valence-corrected chi connectivity index (χ2v) is 5.51. The number of hydrogen-bond donors (Lipinski definition) is 2. The maximum absolute atomic E-state index is 11.8. The minimum absolute atomic E-state index is 0. The molecule has 0 bridgehead atoms. The van der Waals surface area contributed by atoms with Crippen LogP contribution in [0.4, 0.5) is 0 Å². The lowest BCUT2D eigenvalue weighted by Gasteiger charge is -2.14. The summed E-state index contributed by atoms with van der Waals surface area (Å²) in [5.74, 6) is 0.0551. The number of halogens is 1. The molecule has 118 valence electrons. The Morgan fingerprint density at radius 1 is 1.38 bits per heavy atom. The van der Waals surface area contributed by atoms with E-state index in [1.54, 1.807) is 0 Å². The summed E-state index contributed by atoms with van der Waals surface area (Å²) in [7, 11) is 0. The van der Waals surface area contributed by atoms with E-state index in [1.807, 2.05) is 30.3 Å². The zero-order valence-corrected chi connectivity index (χ0v) is 13.3. The predicted molar refractivity (Wildman–Crippen MR) is 86.4 cm³/mol. The molecule has 0 spiro atoms. The molecule has 1 aliphatic rings. The van der Waals surface area contributed by atoms with Gasteiger partial charge in [-0.15, -0.1) is 12.4 Å². The predicted octanol–water partition coefficient (Wildman–Crippen LogP) is 2.57. The number of rotatable bonds is 6. The summed E-state index contributed by atoms with van der Waals surface area (Å²) in [6.45, 7) is 2.56. The van der Waals surface area contributed by atoms with E-state index in [4.69, 9.17) is 10.5 Å². The van der Waals surface area contributed by atoms with Crippen LogP contribution in [0, 0.1) is 0 Å². The highest BCUT2D eigenvalue weighted by atomic mass is 35.5. The van der Waals surface area contributed by atoms with Crippen molar-refractivity contribution in [2.75, 3.05) is 6.54 Å². The molecule has 1 saturated heterocycles. The summed E-state index contributed by atoms with van der Waals surface area (Å²) in [5.41, 5.74) is 7.08. The number of benzene rings is 1. The molecule has 5 heteroatoms. The van der Waals surface area contributed by atoms with Crippen molar-refractivity contribution >= 4 is 18.3 Å². The van der Waals surface area contributed by atoms with Crippen LogP contribution >= 0.6 is 12.4 Å². The fourth-order valence-corrected chi connectivity index (χ4v) is 2.52. The van der Waals surface area contributed by atoms with Gasteiger partial charge in [0.1, 0.15) is 0 Å². The van der Waals surface area contributed by atoms with Crippen LogP contribution in [-0.4, -0.2) is 24.7 Å². The molecule has 1 fully saturated rings. The normalized spacial score (nSPS) is 22.4. The number of nitrogens with two attached hydrogens (primary N) is 1. The van der Waals surface area contributed by atoms with Gasteiger partial charge in [-0.05, 0) is 31.7 Å². The van der Waals surface area contributed by atoms with E-state index in [0.717, 1.165) is 24.8 Å². The topological polar surface area (TPSA) is 64.4 Å². The molecule has 3 N–H and O–H groups in total. The average Bonchev–Trinajstić information content (AvgIpc) is 2.89. The second kappa shape index (κ2) is 9.03. The molecule has 1 heterocycles.